The molecule has 1 N–H and O–H groups in total. The lowest BCUT2D eigenvalue weighted by atomic mass is 10.2. The minimum absolute atomic E-state index is 0.00813. The first kappa shape index (κ1) is 10.5. The molecule has 3 nitrogen and oxygen atoms in total. The Morgan fingerprint density at radius 3 is 2.53 bits per heavy atom. The van der Waals surface area contributed by atoms with Crippen LogP contribution in [-0.2, 0) is 6.54 Å². The van der Waals surface area contributed by atoms with Crippen LogP contribution in [-0.4, -0.2) is 14.9 Å². The summed E-state index contributed by atoms with van der Waals surface area (Å²) in [5, 5.41) is 13.5. The normalized spacial score (nSPS) is 10.5. The molecule has 0 saturated heterocycles. The molecule has 0 radical (unpaired) electrons. The molecule has 0 unspecified atom stereocenters. The van der Waals surface area contributed by atoms with Crippen LogP contribution in [0.2, 0.25) is 5.15 Å². The highest BCUT2D eigenvalue weighted by molar-refractivity contribution is 9.10. The van der Waals surface area contributed by atoms with Crippen molar-refractivity contribution in [3.63, 3.8) is 0 Å². The molecule has 2 rings (SSSR count). The molecule has 1 heterocycles. The van der Waals surface area contributed by atoms with E-state index < -0.39 is 0 Å². The smallest absolute Gasteiger partial charge is 0.173 e. The number of hydrogen-bond donors (Lipinski definition) is 1. The van der Waals surface area contributed by atoms with E-state index in [0.717, 1.165) is 10.0 Å². The number of aromatic nitrogens is 2. The van der Waals surface area contributed by atoms with Crippen molar-refractivity contribution >= 4 is 27.5 Å². The van der Waals surface area contributed by atoms with Gasteiger partial charge in [-0.3, -0.25) is 0 Å². The second-order valence-electron chi connectivity index (χ2n) is 3.10. The van der Waals surface area contributed by atoms with Crippen molar-refractivity contribution in [2.45, 2.75) is 6.54 Å². The molecular weight excluding hydrogens is 279 g/mol. The van der Waals surface area contributed by atoms with E-state index in [-0.39, 0.29) is 10.9 Å². The zero-order chi connectivity index (χ0) is 10.8. The van der Waals surface area contributed by atoms with E-state index in [9.17, 15) is 5.11 Å². The lowest BCUT2D eigenvalue weighted by Gasteiger charge is -2.03. The number of rotatable bonds is 2. The summed E-state index contributed by atoms with van der Waals surface area (Å²) in [6.07, 6.45) is 1.33. The van der Waals surface area contributed by atoms with Crippen molar-refractivity contribution in [1.82, 2.24) is 9.78 Å². The van der Waals surface area contributed by atoms with Crippen LogP contribution < -0.4 is 0 Å². The predicted octanol–water partition coefficient (Wildman–Crippen LogP) is 3.05. The quantitative estimate of drug-likeness (QED) is 0.922. The zero-order valence-corrected chi connectivity index (χ0v) is 10.0. The van der Waals surface area contributed by atoms with E-state index >= 15 is 0 Å². The van der Waals surface area contributed by atoms with Crippen LogP contribution in [0.5, 0.6) is 5.75 Å². The highest BCUT2D eigenvalue weighted by Crippen LogP contribution is 2.22. The molecule has 2 aromatic rings. The second kappa shape index (κ2) is 4.24. The lowest BCUT2D eigenvalue weighted by molar-refractivity contribution is 0.474. The van der Waals surface area contributed by atoms with Crippen molar-refractivity contribution in [2.75, 3.05) is 0 Å². The van der Waals surface area contributed by atoms with Gasteiger partial charge in [-0.05, 0) is 17.7 Å². The average molecular weight is 288 g/mol. The highest BCUT2D eigenvalue weighted by Gasteiger charge is 2.06. The SMILES string of the molecule is Oc1cnn(Cc2ccc(Br)cc2)c1Cl. The van der Waals surface area contributed by atoms with Crippen LogP contribution in [0.25, 0.3) is 0 Å². The summed E-state index contributed by atoms with van der Waals surface area (Å²) in [5.74, 6) is 0.00813. The highest BCUT2D eigenvalue weighted by atomic mass is 79.9. The van der Waals surface area contributed by atoms with E-state index in [4.69, 9.17) is 11.6 Å². The van der Waals surface area contributed by atoms with Gasteiger partial charge in [-0.15, -0.1) is 0 Å². The molecule has 0 fully saturated rings. The molecule has 0 aliphatic rings. The Morgan fingerprint density at radius 2 is 2.00 bits per heavy atom. The van der Waals surface area contributed by atoms with Crippen molar-refractivity contribution in [2.24, 2.45) is 0 Å². The van der Waals surface area contributed by atoms with Crippen molar-refractivity contribution in [3.8, 4) is 5.75 Å². The van der Waals surface area contributed by atoms with Gasteiger partial charge in [-0.2, -0.15) is 5.10 Å². The monoisotopic (exact) mass is 286 g/mol. The van der Waals surface area contributed by atoms with Gasteiger partial charge in [0.15, 0.2) is 10.9 Å². The van der Waals surface area contributed by atoms with Crippen molar-refractivity contribution in [3.05, 3.63) is 45.7 Å². The summed E-state index contributed by atoms with van der Waals surface area (Å²) in [6.45, 7) is 0.548. The first-order valence-corrected chi connectivity index (χ1v) is 5.48. The third-order valence-corrected chi connectivity index (χ3v) is 2.92. The number of benzene rings is 1. The maximum Gasteiger partial charge on any atom is 0.173 e. The largest absolute Gasteiger partial charge is 0.504 e. The average Bonchev–Trinajstić information content (AvgIpc) is 2.53. The first-order valence-electron chi connectivity index (χ1n) is 4.31. The Hall–Kier alpha value is -1.000. The van der Waals surface area contributed by atoms with Gasteiger partial charge < -0.3 is 5.11 Å². The second-order valence-corrected chi connectivity index (χ2v) is 4.38. The van der Waals surface area contributed by atoms with E-state index in [1.54, 1.807) is 4.68 Å². The van der Waals surface area contributed by atoms with Crippen molar-refractivity contribution in [1.29, 1.82) is 0 Å². The number of nitrogens with zero attached hydrogens (tertiary/aromatic N) is 2. The molecule has 0 saturated carbocycles. The summed E-state index contributed by atoms with van der Waals surface area (Å²) in [5.41, 5.74) is 1.07. The van der Waals surface area contributed by atoms with Gasteiger partial charge in [0.25, 0.3) is 0 Å². The molecule has 0 aliphatic heterocycles. The molecule has 1 aromatic heterocycles. The van der Waals surface area contributed by atoms with Gasteiger partial charge in [0.2, 0.25) is 0 Å². The first-order chi connectivity index (χ1) is 7.16. The molecule has 0 amide bonds. The minimum atomic E-state index is 0.00813. The molecule has 0 aliphatic carbocycles. The maximum atomic E-state index is 9.24. The summed E-state index contributed by atoms with van der Waals surface area (Å²) in [7, 11) is 0. The third kappa shape index (κ3) is 2.33. The van der Waals surface area contributed by atoms with Gasteiger partial charge in [-0.1, -0.05) is 39.7 Å². The summed E-state index contributed by atoms with van der Waals surface area (Å²) >= 11 is 9.19. The third-order valence-electron chi connectivity index (χ3n) is 2.00. The molecular formula is C10H8BrClN2O. The number of halogens is 2. The van der Waals surface area contributed by atoms with Gasteiger partial charge in [0, 0.05) is 4.47 Å². The molecule has 1 aromatic carbocycles. The summed E-state index contributed by atoms with van der Waals surface area (Å²) in [4.78, 5) is 0. The number of aromatic hydroxyl groups is 1. The molecule has 15 heavy (non-hydrogen) atoms. The van der Waals surface area contributed by atoms with Crippen LogP contribution in [0.15, 0.2) is 34.9 Å². The van der Waals surface area contributed by atoms with Gasteiger partial charge >= 0.3 is 0 Å². The standard InChI is InChI=1S/C10H8BrClN2O/c11-8-3-1-7(2-4-8)6-14-10(12)9(15)5-13-14/h1-5,15H,6H2. The fourth-order valence-electron chi connectivity index (χ4n) is 1.23. The lowest BCUT2D eigenvalue weighted by Crippen LogP contribution is -2.01. The molecule has 78 valence electrons. The topological polar surface area (TPSA) is 38.1 Å². The number of hydrogen-bond acceptors (Lipinski definition) is 2. The van der Waals surface area contributed by atoms with Crippen LogP contribution in [0.4, 0.5) is 0 Å². The van der Waals surface area contributed by atoms with Crippen molar-refractivity contribution < 1.29 is 5.11 Å². The molecule has 0 atom stereocenters. The van der Waals surface area contributed by atoms with Gasteiger partial charge in [0.05, 0.1) is 12.7 Å². The van der Waals surface area contributed by atoms with Crippen LogP contribution >= 0.6 is 27.5 Å². The molecule has 0 spiro atoms. The van der Waals surface area contributed by atoms with Gasteiger partial charge in [0.1, 0.15) is 0 Å². The Labute approximate surface area is 100 Å². The summed E-state index contributed by atoms with van der Waals surface area (Å²) < 4.78 is 2.57. The van der Waals surface area contributed by atoms with Crippen LogP contribution in [0.3, 0.4) is 0 Å². The Bertz CT molecular complexity index is 467. The van der Waals surface area contributed by atoms with E-state index in [1.165, 1.54) is 6.20 Å². The zero-order valence-electron chi connectivity index (χ0n) is 7.69. The molecule has 0 bridgehead atoms. The Balaban J connectivity index is 2.22. The van der Waals surface area contributed by atoms with E-state index in [1.807, 2.05) is 24.3 Å². The minimum Gasteiger partial charge on any atom is -0.504 e. The fraction of sp³-hybridized carbons (Fsp3) is 0.100. The fourth-order valence-corrected chi connectivity index (χ4v) is 1.65. The summed E-state index contributed by atoms with van der Waals surface area (Å²) in [6, 6.07) is 7.84. The predicted molar refractivity (Wildman–Crippen MR) is 62.1 cm³/mol. The van der Waals surface area contributed by atoms with Crippen LogP contribution in [0, 0.1) is 0 Å². The molecule has 5 heteroatoms. The Kier molecular flexibility index (Phi) is 2.98. The van der Waals surface area contributed by atoms with Crippen LogP contribution in [0.1, 0.15) is 5.56 Å². The maximum absolute atomic E-state index is 9.24. The Morgan fingerprint density at radius 1 is 1.33 bits per heavy atom. The van der Waals surface area contributed by atoms with Gasteiger partial charge in [-0.25, -0.2) is 4.68 Å². The van der Waals surface area contributed by atoms with E-state index in [0.29, 0.717) is 6.54 Å². The van der Waals surface area contributed by atoms with E-state index in [2.05, 4.69) is 21.0 Å².